The topological polar surface area (TPSA) is 105 Å². The van der Waals surface area contributed by atoms with E-state index in [1.54, 1.807) is 6.92 Å². The highest BCUT2D eigenvalue weighted by Crippen LogP contribution is 2.44. The van der Waals surface area contributed by atoms with Gasteiger partial charge in [-0.1, -0.05) is 55.5 Å². The molecule has 2 aromatic carbocycles. The van der Waals surface area contributed by atoms with Crippen LogP contribution in [0.25, 0.3) is 11.1 Å². The Bertz CT molecular complexity index is 850. The fourth-order valence-corrected chi connectivity index (χ4v) is 3.42. The Morgan fingerprint density at radius 1 is 1.04 bits per heavy atom. The zero-order valence-corrected chi connectivity index (χ0v) is 15.5. The molecule has 1 aliphatic rings. The predicted octanol–water partition coefficient (Wildman–Crippen LogP) is 2.50. The molecular weight excluding hydrogens is 360 g/mol. The third-order valence-electron chi connectivity index (χ3n) is 4.77. The number of rotatable bonds is 7. The summed E-state index contributed by atoms with van der Waals surface area (Å²) in [6.45, 7) is 1.36. The maximum atomic E-state index is 12.2. The number of carboxylic acid groups (broad SMARTS) is 1. The van der Waals surface area contributed by atoms with Gasteiger partial charge in [-0.15, -0.1) is 0 Å². The molecule has 1 atom stereocenters. The highest BCUT2D eigenvalue weighted by atomic mass is 16.5. The van der Waals surface area contributed by atoms with Gasteiger partial charge in [0.05, 0.1) is 0 Å². The Balaban J connectivity index is 1.63. The van der Waals surface area contributed by atoms with Crippen molar-refractivity contribution in [3.05, 3.63) is 59.7 Å². The maximum Gasteiger partial charge on any atom is 0.407 e. The number of carboxylic acids is 1. The number of amides is 2. The van der Waals surface area contributed by atoms with Crippen LogP contribution in [0.3, 0.4) is 0 Å². The minimum absolute atomic E-state index is 0.0703. The predicted molar refractivity (Wildman–Crippen MR) is 103 cm³/mol. The standard InChI is InChI=1S/C21H22N2O5/c1-2-18(20(26)22-11-19(24)25)23-21(27)28-12-17-15-9-5-3-7-13(15)14-8-4-6-10-16(14)17/h3-10,17-18H,2,11-12H2,1H3,(H,22,26)(H,23,27)(H,24,25)/t18-/m1/s1. The van der Waals surface area contributed by atoms with Gasteiger partial charge >= 0.3 is 12.1 Å². The molecule has 0 spiro atoms. The van der Waals surface area contributed by atoms with Crippen molar-refractivity contribution in [2.75, 3.05) is 13.2 Å². The summed E-state index contributed by atoms with van der Waals surface area (Å²) in [5, 5.41) is 13.4. The summed E-state index contributed by atoms with van der Waals surface area (Å²) in [5.41, 5.74) is 4.46. The molecule has 3 rings (SSSR count). The molecular formula is C21H22N2O5. The molecule has 2 aromatic rings. The van der Waals surface area contributed by atoms with Gasteiger partial charge in [0.1, 0.15) is 19.2 Å². The molecule has 0 bridgehead atoms. The fourth-order valence-electron chi connectivity index (χ4n) is 3.42. The Kier molecular flexibility index (Phi) is 5.93. The van der Waals surface area contributed by atoms with Crippen molar-refractivity contribution < 1.29 is 24.2 Å². The van der Waals surface area contributed by atoms with Gasteiger partial charge < -0.3 is 20.5 Å². The highest BCUT2D eigenvalue weighted by Gasteiger charge is 2.29. The van der Waals surface area contributed by atoms with E-state index in [1.807, 2.05) is 48.5 Å². The number of benzene rings is 2. The second-order valence-corrected chi connectivity index (χ2v) is 6.54. The number of hydrogen-bond donors (Lipinski definition) is 3. The van der Waals surface area contributed by atoms with E-state index in [-0.39, 0.29) is 12.5 Å². The molecule has 0 heterocycles. The molecule has 0 unspecified atom stereocenters. The van der Waals surface area contributed by atoms with Gasteiger partial charge in [-0.05, 0) is 28.7 Å². The van der Waals surface area contributed by atoms with Gasteiger partial charge in [0.15, 0.2) is 0 Å². The summed E-state index contributed by atoms with van der Waals surface area (Å²) >= 11 is 0. The van der Waals surface area contributed by atoms with E-state index in [0.717, 1.165) is 22.3 Å². The van der Waals surface area contributed by atoms with Gasteiger partial charge in [-0.2, -0.15) is 0 Å². The van der Waals surface area contributed by atoms with Crippen LogP contribution < -0.4 is 10.6 Å². The van der Waals surface area contributed by atoms with Crippen LogP contribution in [0.15, 0.2) is 48.5 Å². The molecule has 0 saturated heterocycles. The normalized spacial score (nSPS) is 13.2. The summed E-state index contributed by atoms with van der Waals surface area (Å²) in [6.07, 6.45) is -0.394. The van der Waals surface area contributed by atoms with Crippen LogP contribution in [0, 0.1) is 0 Å². The van der Waals surface area contributed by atoms with Crippen molar-refractivity contribution in [1.82, 2.24) is 10.6 Å². The van der Waals surface area contributed by atoms with E-state index < -0.39 is 30.6 Å². The fraction of sp³-hybridized carbons (Fsp3) is 0.286. The molecule has 0 radical (unpaired) electrons. The molecule has 2 amide bonds. The van der Waals surface area contributed by atoms with Crippen molar-refractivity contribution in [2.24, 2.45) is 0 Å². The Labute approximate surface area is 162 Å². The van der Waals surface area contributed by atoms with Crippen LogP contribution >= 0.6 is 0 Å². The smallest absolute Gasteiger partial charge is 0.407 e. The zero-order chi connectivity index (χ0) is 20.1. The number of fused-ring (bicyclic) bond motifs is 3. The average Bonchev–Trinajstić information content (AvgIpc) is 3.02. The molecule has 0 aromatic heterocycles. The molecule has 0 fully saturated rings. The van der Waals surface area contributed by atoms with Crippen molar-refractivity contribution in [2.45, 2.75) is 25.3 Å². The van der Waals surface area contributed by atoms with Gasteiger partial charge in [-0.3, -0.25) is 9.59 Å². The molecule has 0 saturated carbocycles. The minimum atomic E-state index is -1.15. The van der Waals surface area contributed by atoms with Crippen molar-refractivity contribution in [1.29, 1.82) is 0 Å². The lowest BCUT2D eigenvalue weighted by atomic mass is 9.98. The first-order valence-electron chi connectivity index (χ1n) is 9.12. The first-order chi connectivity index (χ1) is 13.5. The second kappa shape index (κ2) is 8.56. The molecule has 3 N–H and O–H groups in total. The minimum Gasteiger partial charge on any atom is -0.480 e. The van der Waals surface area contributed by atoms with Gasteiger partial charge in [0.2, 0.25) is 5.91 Å². The lowest BCUT2D eigenvalue weighted by molar-refractivity contribution is -0.138. The number of aliphatic carboxylic acids is 1. The third-order valence-corrected chi connectivity index (χ3v) is 4.77. The average molecular weight is 382 g/mol. The van der Waals surface area contributed by atoms with E-state index in [2.05, 4.69) is 10.6 Å². The van der Waals surface area contributed by atoms with Gasteiger partial charge in [0, 0.05) is 5.92 Å². The van der Waals surface area contributed by atoms with Crippen LogP contribution in [-0.4, -0.2) is 42.3 Å². The quantitative estimate of drug-likeness (QED) is 0.682. The molecule has 7 nitrogen and oxygen atoms in total. The monoisotopic (exact) mass is 382 g/mol. The summed E-state index contributed by atoms with van der Waals surface area (Å²) in [4.78, 5) is 34.7. The van der Waals surface area contributed by atoms with E-state index in [1.165, 1.54) is 0 Å². The largest absolute Gasteiger partial charge is 0.480 e. The summed E-state index contributed by atoms with van der Waals surface area (Å²) in [5.74, 6) is -1.78. The van der Waals surface area contributed by atoms with Crippen LogP contribution in [0.5, 0.6) is 0 Å². The Morgan fingerprint density at radius 2 is 1.61 bits per heavy atom. The number of carbonyl (C=O) groups excluding carboxylic acids is 2. The first-order valence-corrected chi connectivity index (χ1v) is 9.12. The number of hydrogen-bond acceptors (Lipinski definition) is 4. The summed E-state index contributed by atoms with van der Waals surface area (Å²) in [7, 11) is 0. The highest BCUT2D eigenvalue weighted by molar-refractivity contribution is 5.88. The SMILES string of the molecule is CC[C@@H](NC(=O)OCC1c2ccccc2-c2ccccc21)C(=O)NCC(=O)O. The van der Waals surface area contributed by atoms with Crippen molar-refractivity contribution in [3.8, 4) is 11.1 Å². The number of carbonyl (C=O) groups is 3. The molecule has 146 valence electrons. The van der Waals surface area contributed by atoms with E-state index in [9.17, 15) is 14.4 Å². The van der Waals surface area contributed by atoms with E-state index in [0.29, 0.717) is 6.42 Å². The first kappa shape index (κ1) is 19.4. The summed E-state index contributed by atoms with van der Waals surface area (Å²) < 4.78 is 5.40. The third kappa shape index (κ3) is 4.14. The zero-order valence-electron chi connectivity index (χ0n) is 15.5. The van der Waals surface area contributed by atoms with Crippen molar-refractivity contribution >= 4 is 18.0 Å². The molecule has 28 heavy (non-hydrogen) atoms. The molecule has 0 aliphatic heterocycles. The lowest BCUT2D eigenvalue weighted by Crippen LogP contribution is -2.47. The number of ether oxygens (including phenoxy) is 1. The van der Waals surface area contributed by atoms with Crippen LogP contribution in [0.2, 0.25) is 0 Å². The van der Waals surface area contributed by atoms with E-state index in [4.69, 9.17) is 9.84 Å². The summed E-state index contributed by atoms with van der Waals surface area (Å²) in [6, 6.07) is 15.2. The Hall–Kier alpha value is -3.35. The van der Waals surface area contributed by atoms with Crippen LogP contribution in [0.4, 0.5) is 4.79 Å². The van der Waals surface area contributed by atoms with Crippen molar-refractivity contribution in [3.63, 3.8) is 0 Å². The number of nitrogens with one attached hydrogen (secondary N) is 2. The number of alkyl carbamates (subject to hydrolysis) is 1. The van der Waals surface area contributed by atoms with E-state index >= 15 is 0 Å². The molecule has 1 aliphatic carbocycles. The maximum absolute atomic E-state index is 12.2. The second-order valence-electron chi connectivity index (χ2n) is 6.54. The Morgan fingerprint density at radius 3 is 2.14 bits per heavy atom. The van der Waals surface area contributed by atoms with Gasteiger partial charge in [-0.25, -0.2) is 4.79 Å². The van der Waals surface area contributed by atoms with Crippen LogP contribution in [-0.2, 0) is 14.3 Å². The molecule has 7 heteroatoms. The lowest BCUT2D eigenvalue weighted by Gasteiger charge is -2.18. The van der Waals surface area contributed by atoms with Gasteiger partial charge in [0.25, 0.3) is 0 Å². The van der Waals surface area contributed by atoms with Crippen LogP contribution in [0.1, 0.15) is 30.4 Å².